The topological polar surface area (TPSA) is 48.5 Å². The molecule has 0 aliphatic heterocycles. The molecule has 134 valence electrons. The Morgan fingerprint density at radius 2 is 1.84 bits per heavy atom. The van der Waals surface area contributed by atoms with Crippen LogP contribution in [0.25, 0.3) is 0 Å². The minimum absolute atomic E-state index is 0.102. The number of pyridine rings is 1. The Labute approximate surface area is 150 Å². The van der Waals surface area contributed by atoms with Crippen molar-refractivity contribution in [3.8, 4) is 0 Å². The third-order valence-electron chi connectivity index (χ3n) is 4.38. The molecule has 0 spiro atoms. The minimum Gasteiger partial charge on any atom is -0.378 e. The minimum atomic E-state index is -0.102. The second-order valence-corrected chi connectivity index (χ2v) is 6.27. The first-order valence-corrected chi connectivity index (χ1v) is 8.72. The zero-order valence-corrected chi connectivity index (χ0v) is 15.8. The van der Waals surface area contributed by atoms with Gasteiger partial charge in [-0.3, -0.25) is 4.79 Å². The molecule has 25 heavy (non-hydrogen) atoms. The molecule has 1 aromatic heterocycles. The molecule has 1 aromatic carbocycles. The van der Waals surface area contributed by atoms with Crippen molar-refractivity contribution in [2.24, 2.45) is 0 Å². The van der Waals surface area contributed by atoms with Gasteiger partial charge in [0.15, 0.2) is 0 Å². The number of hydrogen-bond acceptors (Lipinski definition) is 4. The quantitative estimate of drug-likeness (QED) is 0.841. The molecule has 0 saturated heterocycles. The number of hydrogen-bond donors (Lipinski definition) is 1. The van der Waals surface area contributed by atoms with E-state index >= 15 is 0 Å². The largest absolute Gasteiger partial charge is 0.378 e. The number of nitrogens with zero attached hydrogens (tertiary/aromatic N) is 3. The molecule has 0 fully saturated rings. The van der Waals surface area contributed by atoms with Crippen LogP contribution in [0.3, 0.4) is 0 Å². The number of benzene rings is 1. The van der Waals surface area contributed by atoms with E-state index in [0.717, 1.165) is 30.2 Å². The number of aryl methyl sites for hydroxylation is 1. The smallest absolute Gasteiger partial charge is 0.253 e. The van der Waals surface area contributed by atoms with Crippen LogP contribution in [-0.2, 0) is 6.54 Å². The SMILES string of the molecule is CCN(CC)c1ccc(C(=O)NCc2ccc(N(C)C)cc2C)cn1. The maximum Gasteiger partial charge on any atom is 0.253 e. The van der Waals surface area contributed by atoms with Crippen LogP contribution in [0.15, 0.2) is 36.5 Å². The van der Waals surface area contributed by atoms with E-state index < -0.39 is 0 Å². The highest BCUT2D eigenvalue weighted by atomic mass is 16.1. The van der Waals surface area contributed by atoms with Gasteiger partial charge in [-0.15, -0.1) is 0 Å². The Balaban J connectivity index is 2.00. The van der Waals surface area contributed by atoms with Crippen LogP contribution in [0.1, 0.15) is 35.3 Å². The fourth-order valence-corrected chi connectivity index (χ4v) is 2.69. The summed E-state index contributed by atoms with van der Waals surface area (Å²) in [6, 6.07) is 9.99. The van der Waals surface area contributed by atoms with Crippen molar-refractivity contribution >= 4 is 17.4 Å². The van der Waals surface area contributed by atoms with Gasteiger partial charge < -0.3 is 15.1 Å². The third kappa shape index (κ3) is 4.72. The van der Waals surface area contributed by atoms with Gasteiger partial charge in [0.25, 0.3) is 5.91 Å². The summed E-state index contributed by atoms with van der Waals surface area (Å²) in [5.41, 5.74) is 4.02. The lowest BCUT2D eigenvalue weighted by atomic mass is 10.1. The molecule has 1 heterocycles. The predicted molar refractivity (Wildman–Crippen MR) is 104 cm³/mol. The molecule has 0 unspecified atom stereocenters. The molecule has 2 rings (SSSR count). The third-order valence-corrected chi connectivity index (χ3v) is 4.38. The molecule has 0 saturated carbocycles. The van der Waals surface area contributed by atoms with E-state index in [-0.39, 0.29) is 5.91 Å². The number of nitrogens with one attached hydrogen (secondary N) is 1. The van der Waals surface area contributed by atoms with Gasteiger partial charge in [0.1, 0.15) is 5.82 Å². The zero-order valence-electron chi connectivity index (χ0n) is 15.8. The van der Waals surface area contributed by atoms with Crippen LogP contribution >= 0.6 is 0 Å². The number of aromatic nitrogens is 1. The zero-order chi connectivity index (χ0) is 18.4. The van der Waals surface area contributed by atoms with Gasteiger partial charge >= 0.3 is 0 Å². The standard InChI is InChI=1S/C20H28N4O/c1-6-24(7-2)19-11-9-17(14-21-19)20(25)22-13-16-8-10-18(23(4)5)12-15(16)3/h8-12,14H,6-7,13H2,1-5H3,(H,22,25). The van der Waals surface area contributed by atoms with E-state index in [9.17, 15) is 4.79 Å². The van der Waals surface area contributed by atoms with Gasteiger partial charge in [0, 0.05) is 45.6 Å². The van der Waals surface area contributed by atoms with E-state index in [1.807, 2.05) is 26.2 Å². The van der Waals surface area contributed by atoms with Crippen molar-refractivity contribution < 1.29 is 4.79 Å². The average Bonchev–Trinajstić information content (AvgIpc) is 2.62. The van der Waals surface area contributed by atoms with Gasteiger partial charge in [-0.25, -0.2) is 4.98 Å². The Morgan fingerprint density at radius 3 is 2.36 bits per heavy atom. The van der Waals surface area contributed by atoms with Gasteiger partial charge in [-0.1, -0.05) is 6.07 Å². The maximum absolute atomic E-state index is 12.4. The summed E-state index contributed by atoms with van der Waals surface area (Å²) in [4.78, 5) is 21.0. The number of carbonyl (C=O) groups is 1. The summed E-state index contributed by atoms with van der Waals surface area (Å²) in [7, 11) is 4.04. The maximum atomic E-state index is 12.4. The molecule has 0 atom stereocenters. The fraction of sp³-hybridized carbons (Fsp3) is 0.400. The predicted octanol–water partition coefficient (Wildman–Crippen LogP) is 3.23. The second-order valence-electron chi connectivity index (χ2n) is 6.27. The van der Waals surface area contributed by atoms with Crippen LogP contribution < -0.4 is 15.1 Å². The number of rotatable bonds is 7. The summed E-state index contributed by atoms with van der Waals surface area (Å²) in [5.74, 6) is 0.798. The van der Waals surface area contributed by atoms with Crippen LogP contribution in [-0.4, -0.2) is 38.1 Å². The van der Waals surface area contributed by atoms with Crippen molar-refractivity contribution in [3.63, 3.8) is 0 Å². The first kappa shape index (κ1) is 18.8. The van der Waals surface area contributed by atoms with Crippen molar-refractivity contribution in [1.29, 1.82) is 0 Å². The lowest BCUT2D eigenvalue weighted by Crippen LogP contribution is -2.25. The number of carbonyl (C=O) groups excluding carboxylic acids is 1. The van der Waals surface area contributed by atoms with E-state index in [0.29, 0.717) is 12.1 Å². The lowest BCUT2D eigenvalue weighted by Gasteiger charge is -2.19. The molecule has 0 aliphatic rings. The molecule has 1 amide bonds. The number of anilines is 2. The highest BCUT2D eigenvalue weighted by molar-refractivity contribution is 5.94. The van der Waals surface area contributed by atoms with E-state index in [4.69, 9.17) is 0 Å². The Bertz CT molecular complexity index is 706. The number of amides is 1. The Hall–Kier alpha value is -2.56. The monoisotopic (exact) mass is 340 g/mol. The van der Waals surface area contributed by atoms with Crippen LogP contribution in [0.5, 0.6) is 0 Å². The molecule has 0 aliphatic carbocycles. The molecule has 0 radical (unpaired) electrons. The molecule has 0 bridgehead atoms. The first-order chi connectivity index (χ1) is 12.0. The average molecular weight is 340 g/mol. The summed E-state index contributed by atoms with van der Waals surface area (Å²) < 4.78 is 0. The summed E-state index contributed by atoms with van der Waals surface area (Å²) >= 11 is 0. The molecule has 5 heteroatoms. The van der Waals surface area contributed by atoms with E-state index in [1.165, 1.54) is 5.56 Å². The van der Waals surface area contributed by atoms with Crippen LogP contribution in [0, 0.1) is 6.92 Å². The molecule has 2 aromatic rings. The van der Waals surface area contributed by atoms with Crippen LogP contribution in [0.2, 0.25) is 0 Å². The van der Waals surface area contributed by atoms with Crippen LogP contribution in [0.4, 0.5) is 11.5 Å². The fourth-order valence-electron chi connectivity index (χ4n) is 2.69. The lowest BCUT2D eigenvalue weighted by molar-refractivity contribution is 0.0950. The summed E-state index contributed by atoms with van der Waals surface area (Å²) in [6.07, 6.45) is 1.64. The normalized spacial score (nSPS) is 10.4. The highest BCUT2D eigenvalue weighted by Gasteiger charge is 2.09. The van der Waals surface area contributed by atoms with Gasteiger partial charge in [0.2, 0.25) is 0 Å². The van der Waals surface area contributed by atoms with Crippen molar-refractivity contribution in [2.45, 2.75) is 27.3 Å². The highest BCUT2D eigenvalue weighted by Crippen LogP contribution is 2.17. The summed E-state index contributed by atoms with van der Waals surface area (Å²) in [5, 5.41) is 2.98. The van der Waals surface area contributed by atoms with Crippen molar-refractivity contribution in [1.82, 2.24) is 10.3 Å². The Kier molecular flexibility index (Phi) is 6.39. The molecular formula is C20H28N4O. The molecule has 1 N–H and O–H groups in total. The van der Waals surface area contributed by atoms with Gasteiger partial charge in [-0.2, -0.15) is 0 Å². The molecule has 5 nitrogen and oxygen atoms in total. The van der Waals surface area contributed by atoms with Gasteiger partial charge in [-0.05, 0) is 56.2 Å². The Morgan fingerprint density at radius 1 is 1.12 bits per heavy atom. The van der Waals surface area contributed by atoms with Crippen molar-refractivity contribution in [3.05, 3.63) is 53.2 Å². The summed E-state index contributed by atoms with van der Waals surface area (Å²) in [6.45, 7) is 8.56. The van der Waals surface area contributed by atoms with Crippen molar-refractivity contribution in [2.75, 3.05) is 37.0 Å². The van der Waals surface area contributed by atoms with E-state index in [1.54, 1.807) is 6.20 Å². The van der Waals surface area contributed by atoms with Gasteiger partial charge in [0.05, 0.1) is 5.56 Å². The molecular weight excluding hydrogens is 312 g/mol. The first-order valence-electron chi connectivity index (χ1n) is 8.72. The second kappa shape index (κ2) is 8.51. The van der Waals surface area contributed by atoms with E-state index in [2.05, 4.69) is 59.1 Å².